The number of nitrogens with one attached hydrogen (secondary N) is 1. The molecule has 0 radical (unpaired) electrons. The summed E-state index contributed by atoms with van der Waals surface area (Å²) in [4.78, 5) is 25.6. The second-order valence-corrected chi connectivity index (χ2v) is 6.65. The lowest BCUT2D eigenvalue weighted by Gasteiger charge is -2.22. The van der Waals surface area contributed by atoms with Gasteiger partial charge in [0.25, 0.3) is 5.91 Å². The van der Waals surface area contributed by atoms with Crippen molar-refractivity contribution in [2.75, 3.05) is 6.54 Å². The fourth-order valence-corrected chi connectivity index (χ4v) is 2.95. The van der Waals surface area contributed by atoms with Crippen molar-refractivity contribution in [2.45, 2.75) is 19.9 Å². The highest BCUT2D eigenvalue weighted by molar-refractivity contribution is 6.32. The predicted molar refractivity (Wildman–Crippen MR) is 102 cm³/mol. The minimum Gasteiger partial charge on any atom is -0.275 e. The number of hydrogen-bond acceptors (Lipinski definition) is 5. The molecule has 0 saturated heterocycles. The largest absolute Gasteiger partial charge is 0.278 e. The molecule has 0 aliphatic heterocycles. The molecule has 2 amide bonds. The van der Waals surface area contributed by atoms with E-state index in [9.17, 15) is 9.59 Å². The molecule has 1 unspecified atom stereocenters. The van der Waals surface area contributed by atoms with Crippen LogP contribution in [0.1, 0.15) is 35.9 Å². The van der Waals surface area contributed by atoms with Crippen LogP contribution >= 0.6 is 11.6 Å². The first-order valence-electron chi connectivity index (χ1n) is 8.47. The Morgan fingerprint density at radius 1 is 1.36 bits per heavy atom. The van der Waals surface area contributed by atoms with Gasteiger partial charge in [0.05, 0.1) is 28.9 Å². The summed E-state index contributed by atoms with van der Waals surface area (Å²) in [5.74, 6) is -0.805. The maximum atomic E-state index is 12.5. The SMILES string of the molecule is CC(=O)N(CC(C)n1ccc(-c2ccc(C#N)c(Cl)c2)n1)C(=O)c1ccn[nH]1. The highest BCUT2D eigenvalue weighted by Gasteiger charge is 2.24. The van der Waals surface area contributed by atoms with Crippen molar-refractivity contribution in [2.24, 2.45) is 0 Å². The van der Waals surface area contributed by atoms with Crippen LogP contribution in [-0.4, -0.2) is 43.2 Å². The average Bonchev–Trinajstić information content (AvgIpc) is 3.37. The van der Waals surface area contributed by atoms with E-state index in [0.29, 0.717) is 16.3 Å². The van der Waals surface area contributed by atoms with E-state index in [-0.39, 0.29) is 24.2 Å². The highest BCUT2D eigenvalue weighted by Crippen LogP contribution is 2.25. The van der Waals surface area contributed by atoms with Gasteiger partial charge in [0.15, 0.2) is 0 Å². The van der Waals surface area contributed by atoms with E-state index in [1.807, 2.05) is 19.1 Å². The quantitative estimate of drug-likeness (QED) is 0.713. The number of imide groups is 1. The number of rotatable bonds is 5. The first-order chi connectivity index (χ1) is 13.4. The molecule has 0 saturated carbocycles. The molecule has 2 heterocycles. The van der Waals surface area contributed by atoms with E-state index < -0.39 is 5.91 Å². The van der Waals surface area contributed by atoms with Crippen LogP contribution in [0.5, 0.6) is 0 Å². The minimum absolute atomic E-state index is 0.155. The van der Waals surface area contributed by atoms with Crippen LogP contribution in [0.15, 0.2) is 42.7 Å². The number of carbonyl (C=O) groups is 2. The normalized spacial score (nSPS) is 11.6. The fraction of sp³-hybridized carbons (Fsp3) is 0.211. The second kappa shape index (κ2) is 8.06. The number of amides is 2. The Morgan fingerprint density at radius 2 is 2.14 bits per heavy atom. The van der Waals surface area contributed by atoms with Crippen LogP contribution in [0.25, 0.3) is 11.3 Å². The molecular formula is C19H17ClN6O2. The lowest BCUT2D eigenvalue weighted by atomic mass is 10.1. The molecule has 0 fully saturated rings. The number of aromatic amines is 1. The first kappa shape index (κ1) is 19.3. The van der Waals surface area contributed by atoms with Crippen molar-refractivity contribution < 1.29 is 9.59 Å². The third-order valence-corrected chi connectivity index (χ3v) is 4.56. The fourth-order valence-electron chi connectivity index (χ4n) is 2.73. The van der Waals surface area contributed by atoms with Gasteiger partial charge in [-0.15, -0.1) is 0 Å². The van der Waals surface area contributed by atoms with E-state index in [1.165, 1.54) is 19.2 Å². The summed E-state index contributed by atoms with van der Waals surface area (Å²) in [6.07, 6.45) is 3.22. The van der Waals surface area contributed by atoms with Crippen molar-refractivity contribution >= 4 is 23.4 Å². The van der Waals surface area contributed by atoms with Crippen LogP contribution < -0.4 is 0 Å². The number of benzene rings is 1. The molecule has 3 aromatic rings. The smallest absolute Gasteiger partial charge is 0.275 e. The van der Waals surface area contributed by atoms with Gasteiger partial charge < -0.3 is 0 Å². The van der Waals surface area contributed by atoms with Crippen LogP contribution in [0.3, 0.4) is 0 Å². The third-order valence-electron chi connectivity index (χ3n) is 4.25. The molecular weight excluding hydrogens is 380 g/mol. The monoisotopic (exact) mass is 396 g/mol. The summed E-state index contributed by atoms with van der Waals surface area (Å²) in [5, 5.41) is 20.2. The van der Waals surface area contributed by atoms with Crippen LogP contribution in [0.4, 0.5) is 0 Å². The zero-order valence-electron chi connectivity index (χ0n) is 15.3. The molecule has 0 aliphatic rings. The molecule has 9 heteroatoms. The summed E-state index contributed by atoms with van der Waals surface area (Å²) >= 11 is 6.09. The molecule has 0 aliphatic carbocycles. The number of nitriles is 1. The Hall–Kier alpha value is -3.44. The summed E-state index contributed by atoms with van der Waals surface area (Å²) in [5.41, 5.74) is 2.09. The van der Waals surface area contributed by atoms with Crippen LogP contribution in [-0.2, 0) is 4.79 Å². The van der Waals surface area contributed by atoms with Gasteiger partial charge in [0.1, 0.15) is 11.8 Å². The van der Waals surface area contributed by atoms with Crippen LogP contribution in [0.2, 0.25) is 5.02 Å². The molecule has 2 aromatic heterocycles. The third kappa shape index (κ3) is 3.94. The number of H-pyrrole nitrogens is 1. The summed E-state index contributed by atoms with van der Waals surface area (Å²) in [7, 11) is 0. The maximum absolute atomic E-state index is 12.5. The van der Waals surface area contributed by atoms with Crippen molar-refractivity contribution in [3.8, 4) is 17.3 Å². The lowest BCUT2D eigenvalue weighted by molar-refractivity contribution is -0.126. The predicted octanol–water partition coefficient (Wildman–Crippen LogP) is 3.05. The van der Waals surface area contributed by atoms with Gasteiger partial charge in [-0.2, -0.15) is 15.5 Å². The van der Waals surface area contributed by atoms with Gasteiger partial charge in [0, 0.05) is 24.9 Å². The molecule has 3 rings (SSSR count). The van der Waals surface area contributed by atoms with E-state index in [2.05, 4.69) is 15.3 Å². The Bertz CT molecular complexity index is 1050. The van der Waals surface area contributed by atoms with Gasteiger partial charge in [-0.05, 0) is 31.2 Å². The molecule has 1 aromatic carbocycles. The number of carbonyl (C=O) groups excluding carboxylic acids is 2. The Morgan fingerprint density at radius 3 is 2.75 bits per heavy atom. The minimum atomic E-state index is -0.442. The maximum Gasteiger partial charge on any atom is 0.278 e. The van der Waals surface area contributed by atoms with Gasteiger partial charge in [-0.3, -0.25) is 24.3 Å². The van der Waals surface area contributed by atoms with Gasteiger partial charge in [-0.1, -0.05) is 17.7 Å². The number of hydrogen-bond donors (Lipinski definition) is 1. The van der Waals surface area contributed by atoms with E-state index >= 15 is 0 Å². The number of nitrogens with zero attached hydrogens (tertiary/aromatic N) is 5. The average molecular weight is 397 g/mol. The standard InChI is InChI=1S/C19H17ClN6O2/c1-12(11-25(13(2)27)19(28)18-5-7-22-23-18)26-8-6-17(24-26)14-3-4-15(10-21)16(20)9-14/h3-9,12H,11H2,1-2H3,(H,22,23). The molecule has 0 spiro atoms. The van der Waals surface area contributed by atoms with E-state index in [0.717, 1.165) is 10.5 Å². The first-order valence-corrected chi connectivity index (χ1v) is 8.85. The second-order valence-electron chi connectivity index (χ2n) is 6.24. The van der Waals surface area contributed by atoms with Gasteiger partial charge in [0.2, 0.25) is 5.91 Å². The van der Waals surface area contributed by atoms with E-state index in [1.54, 1.807) is 29.1 Å². The van der Waals surface area contributed by atoms with Crippen molar-refractivity contribution in [1.29, 1.82) is 5.26 Å². The zero-order chi connectivity index (χ0) is 20.3. The molecule has 28 heavy (non-hydrogen) atoms. The highest BCUT2D eigenvalue weighted by atomic mass is 35.5. The molecule has 8 nitrogen and oxygen atoms in total. The Balaban J connectivity index is 1.78. The van der Waals surface area contributed by atoms with E-state index in [4.69, 9.17) is 16.9 Å². The lowest BCUT2D eigenvalue weighted by Crippen LogP contribution is -2.39. The van der Waals surface area contributed by atoms with Gasteiger partial charge >= 0.3 is 0 Å². The topological polar surface area (TPSA) is 108 Å². The Labute approximate surface area is 166 Å². The van der Waals surface area contributed by atoms with Crippen LogP contribution in [0, 0.1) is 11.3 Å². The number of halogens is 1. The van der Waals surface area contributed by atoms with Crippen molar-refractivity contribution in [1.82, 2.24) is 24.9 Å². The molecule has 1 N–H and O–H groups in total. The van der Waals surface area contributed by atoms with Gasteiger partial charge in [-0.25, -0.2) is 0 Å². The Kier molecular flexibility index (Phi) is 5.57. The zero-order valence-corrected chi connectivity index (χ0v) is 16.0. The summed E-state index contributed by atoms with van der Waals surface area (Å²) < 4.78 is 1.68. The van der Waals surface area contributed by atoms with Crippen molar-refractivity contribution in [3.63, 3.8) is 0 Å². The summed E-state index contributed by atoms with van der Waals surface area (Å²) in [6, 6.07) is 10.2. The molecule has 142 valence electrons. The number of aromatic nitrogens is 4. The molecule has 1 atom stereocenters. The molecule has 0 bridgehead atoms. The van der Waals surface area contributed by atoms with Crippen molar-refractivity contribution in [3.05, 3.63) is 59.0 Å². The summed E-state index contributed by atoms with van der Waals surface area (Å²) in [6.45, 7) is 3.36.